The molecule has 156 valence electrons. The van der Waals surface area contributed by atoms with Gasteiger partial charge in [0.1, 0.15) is 17.1 Å². The van der Waals surface area contributed by atoms with Crippen LogP contribution in [0.3, 0.4) is 0 Å². The maximum atomic E-state index is 13.1. The fraction of sp³-hybridized carbons (Fsp3) is 0.227. The molecule has 0 unspecified atom stereocenters. The molecule has 1 aliphatic heterocycles. The van der Waals surface area contributed by atoms with Gasteiger partial charge in [0.15, 0.2) is 0 Å². The van der Waals surface area contributed by atoms with Gasteiger partial charge in [-0.15, -0.1) is 0 Å². The third-order valence-corrected chi connectivity index (χ3v) is 5.29. The molecule has 1 fully saturated rings. The molecule has 0 saturated carbocycles. The van der Waals surface area contributed by atoms with Gasteiger partial charge in [0.05, 0.1) is 18.9 Å². The summed E-state index contributed by atoms with van der Waals surface area (Å²) in [6.45, 7) is 6.44. The number of hydrogen-bond acceptors (Lipinski definition) is 5. The molecule has 0 spiro atoms. The standard InChI is InChI=1S/C22H21BrN2O5/c1-4-29-16-8-6-14(19(12-16)30-5-2)11-17-20(26)24-22(28)25(21(17)27)15-7-9-18(23)13(3)10-15/h6-12H,4-5H2,1-3H3,(H,24,26,28). The van der Waals surface area contributed by atoms with Crippen molar-refractivity contribution in [3.63, 3.8) is 0 Å². The summed E-state index contributed by atoms with van der Waals surface area (Å²) >= 11 is 3.40. The number of carbonyl (C=O) groups excluding carboxylic acids is 3. The first kappa shape index (κ1) is 21.6. The van der Waals surface area contributed by atoms with Crippen LogP contribution in [0.25, 0.3) is 6.08 Å². The van der Waals surface area contributed by atoms with E-state index < -0.39 is 17.8 Å². The molecule has 0 atom stereocenters. The van der Waals surface area contributed by atoms with Crippen LogP contribution in [0.5, 0.6) is 11.5 Å². The summed E-state index contributed by atoms with van der Waals surface area (Å²) in [6, 6.07) is 9.40. The first-order valence-electron chi connectivity index (χ1n) is 9.43. The molecule has 30 heavy (non-hydrogen) atoms. The van der Waals surface area contributed by atoms with Crippen LogP contribution in [-0.2, 0) is 9.59 Å². The molecule has 0 aliphatic carbocycles. The van der Waals surface area contributed by atoms with Crippen LogP contribution in [0.15, 0.2) is 46.4 Å². The third-order valence-electron chi connectivity index (χ3n) is 4.40. The van der Waals surface area contributed by atoms with Crippen LogP contribution in [0.1, 0.15) is 25.0 Å². The van der Waals surface area contributed by atoms with E-state index in [0.717, 1.165) is 14.9 Å². The monoisotopic (exact) mass is 472 g/mol. The highest BCUT2D eigenvalue weighted by molar-refractivity contribution is 9.10. The molecule has 7 nitrogen and oxygen atoms in total. The van der Waals surface area contributed by atoms with Gasteiger partial charge in [-0.25, -0.2) is 9.69 Å². The lowest BCUT2D eigenvalue weighted by molar-refractivity contribution is -0.122. The van der Waals surface area contributed by atoms with Gasteiger partial charge in [-0.2, -0.15) is 0 Å². The van der Waals surface area contributed by atoms with Crippen LogP contribution < -0.4 is 19.7 Å². The minimum atomic E-state index is -0.791. The smallest absolute Gasteiger partial charge is 0.335 e. The Morgan fingerprint density at radius 1 is 1.03 bits per heavy atom. The van der Waals surface area contributed by atoms with Gasteiger partial charge in [-0.05, 0) is 62.7 Å². The van der Waals surface area contributed by atoms with Crippen LogP contribution in [0, 0.1) is 6.92 Å². The van der Waals surface area contributed by atoms with Crippen molar-refractivity contribution in [2.45, 2.75) is 20.8 Å². The van der Waals surface area contributed by atoms with Gasteiger partial charge in [-0.1, -0.05) is 15.9 Å². The molecule has 0 aromatic heterocycles. The van der Waals surface area contributed by atoms with Crippen molar-refractivity contribution in [2.24, 2.45) is 0 Å². The van der Waals surface area contributed by atoms with Crippen LogP contribution in [-0.4, -0.2) is 31.1 Å². The molecule has 0 radical (unpaired) electrons. The molecule has 1 aliphatic rings. The summed E-state index contributed by atoms with van der Waals surface area (Å²) in [4.78, 5) is 38.9. The summed E-state index contributed by atoms with van der Waals surface area (Å²) in [5.74, 6) is -0.377. The van der Waals surface area contributed by atoms with Gasteiger partial charge in [-0.3, -0.25) is 14.9 Å². The van der Waals surface area contributed by atoms with E-state index in [2.05, 4.69) is 21.2 Å². The number of nitrogens with one attached hydrogen (secondary N) is 1. The second kappa shape index (κ2) is 9.13. The van der Waals surface area contributed by atoms with E-state index in [1.165, 1.54) is 6.08 Å². The number of rotatable bonds is 6. The zero-order valence-electron chi connectivity index (χ0n) is 16.8. The number of barbiturate groups is 1. The molecular weight excluding hydrogens is 452 g/mol. The Kier molecular flexibility index (Phi) is 6.56. The zero-order chi connectivity index (χ0) is 21.8. The van der Waals surface area contributed by atoms with E-state index in [1.54, 1.807) is 36.4 Å². The molecule has 1 saturated heterocycles. The van der Waals surface area contributed by atoms with Crippen molar-refractivity contribution in [1.29, 1.82) is 0 Å². The summed E-state index contributed by atoms with van der Waals surface area (Å²) < 4.78 is 12.0. The quantitative estimate of drug-likeness (QED) is 0.502. The lowest BCUT2D eigenvalue weighted by Crippen LogP contribution is -2.54. The van der Waals surface area contributed by atoms with Crippen molar-refractivity contribution in [2.75, 3.05) is 18.1 Å². The Bertz CT molecular complexity index is 1050. The van der Waals surface area contributed by atoms with E-state index in [4.69, 9.17) is 9.47 Å². The number of benzene rings is 2. The highest BCUT2D eigenvalue weighted by Gasteiger charge is 2.37. The van der Waals surface area contributed by atoms with Crippen molar-refractivity contribution in [1.82, 2.24) is 5.32 Å². The molecule has 2 aromatic rings. The summed E-state index contributed by atoms with van der Waals surface area (Å²) in [5, 5.41) is 2.23. The maximum Gasteiger partial charge on any atom is 0.335 e. The Balaban J connectivity index is 2.03. The number of anilines is 1. The van der Waals surface area contributed by atoms with Crippen molar-refractivity contribution in [3.05, 3.63) is 57.6 Å². The van der Waals surface area contributed by atoms with E-state index in [0.29, 0.717) is 36.0 Å². The average molecular weight is 473 g/mol. The molecule has 1 N–H and O–H groups in total. The van der Waals surface area contributed by atoms with E-state index in [1.807, 2.05) is 20.8 Å². The molecule has 8 heteroatoms. The number of aryl methyl sites for hydroxylation is 1. The largest absolute Gasteiger partial charge is 0.494 e. The summed E-state index contributed by atoms with van der Waals surface area (Å²) in [5.41, 5.74) is 1.58. The highest BCUT2D eigenvalue weighted by Crippen LogP contribution is 2.30. The third kappa shape index (κ3) is 4.38. The Labute approximate surface area is 182 Å². The van der Waals surface area contributed by atoms with Gasteiger partial charge < -0.3 is 9.47 Å². The molecule has 4 amide bonds. The lowest BCUT2D eigenvalue weighted by atomic mass is 10.1. The number of halogens is 1. The molecular formula is C22H21BrN2O5. The Morgan fingerprint density at radius 3 is 2.43 bits per heavy atom. The minimum absolute atomic E-state index is 0.166. The summed E-state index contributed by atoms with van der Waals surface area (Å²) in [6.07, 6.45) is 1.42. The average Bonchev–Trinajstić information content (AvgIpc) is 2.69. The fourth-order valence-corrected chi connectivity index (χ4v) is 3.23. The normalized spacial score (nSPS) is 15.4. The first-order chi connectivity index (χ1) is 14.3. The van der Waals surface area contributed by atoms with Gasteiger partial charge in [0, 0.05) is 16.1 Å². The SMILES string of the molecule is CCOc1ccc(C=C2C(=O)NC(=O)N(c3ccc(Br)c(C)c3)C2=O)c(OCC)c1. The predicted octanol–water partition coefficient (Wildman–Crippen LogP) is 4.22. The first-order valence-corrected chi connectivity index (χ1v) is 10.2. The number of hydrogen-bond donors (Lipinski definition) is 1. The number of ether oxygens (including phenoxy) is 2. The van der Waals surface area contributed by atoms with Crippen LogP contribution >= 0.6 is 15.9 Å². The van der Waals surface area contributed by atoms with Crippen molar-refractivity contribution < 1.29 is 23.9 Å². The Morgan fingerprint density at radius 2 is 1.77 bits per heavy atom. The second-order valence-electron chi connectivity index (χ2n) is 6.46. The van der Waals surface area contributed by atoms with Crippen molar-refractivity contribution in [3.8, 4) is 11.5 Å². The number of imide groups is 2. The topological polar surface area (TPSA) is 84.9 Å². The van der Waals surface area contributed by atoms with Gasteiger partial charge in [0.25, 0.3) is 11.8 Å². The molecule has 1 heterocycles. The summed E-state index contributed by atoms with van der Waals surface area (Å²) in [7, 11) is 0. The number of amides is 4. The van der Waals surface area contributed by atoms with Crippen LogP contribution in [0.4, 0.5) is 10.5 Å². The number of nitrogens with zero attached hydrogens (tertiary/aromatic N) is 1. The Hall–Kier alpha value is -3.13. The molecule has 3 rings (SSSR count). The van der Waals surface area contributed by atoms with Crippen LogP contribution in [0.2, 0.25) is 0 Å². The zero-order valence-corrected chi connectivity index (χ0v) is 18.4. The van der Waals surface area contributed by atoms with E-state index >= 15 is 0 Å². The molecule has 0 bridgehead atoms. The maximum absolute atomic E-state index is 13.1. The predicted molar refractivity (Wildman–Crippen MR) is 117 cm³/mol. The molecule has 2 aromatic carbocycles. The second-order valence-corrected chi connectivity index (χ2v) is 7.31. The highest BCUT2D eigenvalue weighted by atomic mass is 79.9. The van der Waals surface area contributed by atoms with E-state index in [9.17, 15) is 14.4 Å². The van der Waals surface area contributed by atoms with Crippen molar-refractivity contribution >= 4 is 45.5 Å². The van der Waals surface area contributed by atoms with Gasteiger partial charge in [0.2, 0.25) is 0 Å². The minimum Gasteiger partial charge on any atom is -0.494 e. The number of urea groups is 1. The lowest BCUT2D eigenvalue weighted by Gasteiger charge is -2.27. The van der Waals surface area contributed by atoms with Gasteiger partial charge >= 0.3 is 6.03 Å². The fourth-order valence-electron chi connectivity index (χ4n) is 2.99. The van der Waals surface area contributed by atoms with E-state index in [-0.39, 0.29) is 5.57 Å². The number of carbonyl (C=O) groups is 3.